The molecule has 29 heavy (non-hydrogen) atoms. The first-order valence-electron chi connectivity index (χ1n) is 9.81. The Balaban J connectivity index is 1.67. The number of halogens is 1. The lowest BCUT2D eigenvalue weighted by Gasteiger charge is -2.12. The third-order valence-corrected chi connectivity index (χ3v) is 5.92. The maximum Gasteiger partial charge on any atom is 0.271 e. The van der Waals surface area contributed by atoms with E-state index in [0.29, 0.717) is 12.2 Å². The summed E-state index contributed by atoms with van der Waals surface area (Å²) in [6.07, 6.45) is 5.08. The molecule has 0 saturated heterocycles. The van der Waals surface area contributed by atoms with Gasteiger partial charge in [0, 0.05) is 18.6 Å². The number of allylic oxidation sites excluding steroid dienone is 1. The largest absolute Gasteiger partial charge is 0.350 e. The maximum absolute atomic E-state index is 12.6. The average Bonchev–Trinajstić information content (AvgIpc) is 3.36. The van der Waals surface area contributed by atoms with Gasteiger partial charge in [-0.1, -0.05) is 43.2 Å². The van der Waals surface area contributed by atoms with Crippen molar-refractivity contribution in [2.75, 3.05) is 6.54 Å². The number of nitrogens with zero attached hydrogens (tertiary/aromatic N) is 2. The van der Waals surface area contributed by atoms with Gasteiger partial charge in [0.15, 0.2) is 5.69 Å². The van der Waals surface area contributed by atoms with Crippen molar-refractivity contribution in [3.8, 4) is 10.6 Å². The molecule has 3 rings (SSSR count). The molecule has 0 fully saturated rings. The number of hydrogen-bond acceptors (Lipinski definition) is 3. The highest BCUT2D eigenvalue weighted by Gasteiger charge is 2.15. The molecule has 3 aromatic rings. The molecule has 0 saturated carbocycles. The Morgan fingerprint density at radius 2 is 2.14 bits per heavy atom. The summed E-state index contributed by atoms with van der Waals surface area (Å²) in [6.45, 7) is 4.79. The highest BCUT2D eigenvalue weighted by molar-refractivity contribution is 7.13. The van der Waals surface area contributed by atoms with Crippen LogP contribution in [0.3, 0.4) is 0 Å². The standard InChI is InChI=1S/C23H26ClN3OS/c1-4-5-7-17(19-14-18(24)10-9-16(19)2)11-12-25-23(28)20-15-21(27(3)26-20)22-8-6-13-29-22/h6-10,13-15H,4-5,11-12H2,1-3H3,(H,25,28)/b17-7-. The Morgan fingerprint density at radius 1 is 1.31 bits per heavy atom. The van der Waals surface area contributed by atoms with Crippen LogP contribution >= 0.6 is 22.9 Å². The normalized spacial score (nSPS) is 11.7. The zero-order valence-electron chi connectivity index (χ0n) is 17.0. The van der Waals surface area contributed by atoms with Crippen molar-refractivity contribution in [3.63, 3.8) is 0 Å². The van der Waals surface area contributed by atoms with Gasteiger partial charge in [0.25, 0.3) is 5.91 Å². The predicted octanol–water partition coefficient (Wildman–Crippen LogP) is 6.11. The summed E-state index contributed by atoms with van der Waals surface area (Å²) in [5.74, 6) is -0.152. The lowest BCUT2D eigenvalue weighted by molar-refractivity contribution is 0.0949. The number of amides is 1. The summed E-state index contributed by atoms with van der Waals surface area (Å²) in [7, 11) is 1.86. The van der Waals surface area contributed by atoms with Crippen LogP contribution < -0.4 is 5.32 Å². The van der Waals surface area contributed by atoms with Crippen molar-refractivity contribution in [1.29, 1.82) is 0 Å². The molecule has 6 heteroatoms. The van der Waals surface area contributed by atoms with E-state index in [1.54, 1.807) is 16.0 Å². The van der Waals surface area contributed by atoms with E-state index in [1.807, 2.05) is 48.8 Å². The Kier molecular flexibility index (Phi) is 7.29. The third kappa shape index (κ3) is 5.37. The second kappa shape index (κ2) is 9.90. The molecule has 152 valence electrons. The van der Waals surface area contributed by atoms with Gasteiger partial charge in [-0.05, 0) is 66.1 Å². The molecule has 0 unspecified atom stereocenters. The number of unbranched alkanes of at least 4 members (excludes halogenated alkanes) is 1. The van der Waals surface area contributed by atoms with E-state index < -0.39 is 0 Å². The van der Waals surface area contributed by atoms with Crippen LogP contribution in [0.5, 0.6) is 0 Å². The summed E-state index contributed by atoms with van der Waals surface area (Å²) in [5.41, 5.74) is 4.94. The topological polar surface area (TPSA) is 46.9 Å². The number of carbonyl (C=O) groups excluding carboxylic acids is 1. The minimum Gasteiger partial charge on any atom is -0.350 e. The van der Waals surface area contributed by atoms with Gasteiger partial charge in [-0.3, -0.25) is 9.48 Å². The van der Waals surface area contributed by atoms with Crippen LogP contribution in [0.4, 0.5) is 0 Å². The molecule has 0 bridgehead atoms. The molecule has 0 spiro atoms. The van der Waals surface area contributed by atoms with Crippen LogP contribution in [0.15, 0.2) is 47.9 Å². The Hall–Kier alpha value is -2.37. The fourth-order valence-electron chi connectivity index (χ4n) is 3.24. The van der Waals surface area contributed by atoms with Crippen molar-refractivity contribution in [2.24, 2.45) is 7.05 Å². The third-order valence-electron chi connectivity index (χ3n) is 4.79. The van der Waals surface area contributed by atoms with Crippen molar-refractivity contribution in [1.82, 2.24) is 15.1 Å². The fourth-order valence-corrected chi connectivity index (χ4v) is 4.18. The molecule has 4 nitrogen and oxygen atoms in total. The summed E-state index contributed by atoms with van der Waals surface area (Å²) in [6, 6.07) is 11.8. The monoisotopic (exact) mass is 427 g/mol. The minimum atomic E-state index is -0.152. The van der Waals surface area contributed by atoms with Gasteiger partial charge >= 0.3 is 0 Å². The quantitative estimate of drug-likeness (QED) is 0.471. The van der Waals surface area contributed by atoms with Gasteiger partial charge in [0.1, 0.15) is 0 Å². The lowest BCUT2D eigenvalue weighted by atomic mass is 9.96. The highest BCUT2D eigenvalue weighted by Crippen LogP contribution is 2.27. The summed E-state index contributed by atoms with van der Waals surface area (Å²) in [4.78, 5) is 13.7. The van der Waals surface area contributed by atoms with Crippen LogP contribution in [0.2, 0.25) is 5.02 Å². The molecule has 0 aliphatic carbocycles. The van der Waals surface area contributed by atoms with Crippen molar-refractivity contribution in [2.45, 2.75) is 33.1 Å². The van der Waals surface area contributed by atoms with Crippen molar-refractivity contribution < 1.29 is 4.79 Å². The van der Waals surface area contributed by atoms with Crippen molar-refractivity contribution >= 4 is 34.4 Å². The molecule has 2 aromatic heterocycles. The molecule has 1 aromatic carbocycles. The van der Waals surface area contributed by atoms with Gasteiger partial charge in [-0.15, -0.1) is 11.3 Å². The number of aromatic nitrogens is 2. The van der Waals surface area contributed by atoms with Crippen molar-refractivity contribution in [3.05, 3.63) is 69.7 Å². The van der Waals surface area contributed by atoms with Gasteiger partial charge in [0.05, 0.1) is 10.6 Å². The molecule has 1 amide bonds. The highest BCUT2D eigenvalue weighted by atomic mass is 35.5. The van der Waals surface area contributed by atoms with E-state index in [4.69, 9.17) is 11.6 Å². The summed E-state index contributed by atoms with van der Waals surface area (Å²) in [5, 5.41) is 10.1. The summed E-state index contributed by atoms with van der Waals surface area (Å²) >= 11 is 7.85. The van der Waals surface area contributed by atoms with Gasteiger partial charge in [0.2, 0.25) is 0 Å². The van der Waals surface area contributed by atoms with Gasteiger partial charge in [-0.25, -0.2) is 0 Å². The number of carbonyl (C=O) groups is 1. The molecular formula is C23H26ClN3OS. The number of benzene rings is 1. The molecule has 0 aliphatic rings. The van der Waals surface area contributed by atoms with E-state index >= 15 is 0 Å². The fraction of sp³-hybridized carbons (Fsp3) is 0.304. The average molecular weight is 428 g/mol. The first kappa shape index (κ1) is 21.3. The number of nitrogens with one attached hydrogen (secondary N) is 1. The first-order valence-corrected chi connectivity index (χ1v) is 11.1. The van der Waals surface area contributed by atoms with Crippen LogP contribution in [0.1, 0.15) is 47.8 Å². The zero-order chi connectivity index (χ0) is 20.8. The smallest absolute Gasteiger partial charge is 0.271 e. The molecule has 0 aliphatic heterocycles. The van der Waals surface area contributed by atoms with Gasteiger partial charge < -0.3 is 5.32 Å². The van der Waals surface area contributed by atoms with Crippen LogP contribution in [-0.2, 0) is 7.05 Å². The Labute approximate surface area is 181 Å². The number of hydrogen-bond donors (Lipinski definition) is 1. The number of rotatable bonds is 8. The van der Waals surface area contributed by atoms with Gasteiger partial charge in [-0.2, -0.15) is 5.10 Å². The second-order valence-corrected chi connectivity index (χ2v) is 8.38. The Morgan fingerprint density at radius 3 is 2.86 bits per heavy atom. The maximum atomic E-state index is 12.6. The predicted molar refractivity (Wildman–Crippen MR) is 123 cm³/mol. The van der Waals surface area contributed by atoms with E-state index in [2.05, 4.69) is 30.3 Å². The van der Waals surface area contributed by atoms with Crippen LogP contribution in [0, 0.1) is 6.92 Å². The summed E-state index contributed by atoms with van der Waals surface area (Å²) < 4.78 is 1.75. The number of thiophene rings is 1. The lowest BCUT2D eigenvalue weighted by Crippen LogP contribution is -2.25. The molecule has 0 atom stereocenters. The minimum absolute atomic E-state index is 0.152. The SMILES string of the molecule is CCC/C=C(/CCNC(=O)c1cc(-c2cccs2)n(C)n1)c1cc(Cl)ccc1C. The van der Waals surface area contributed by atoms with Crippen LogP contribution in [-0.4, -0.2) is 22.2 Å². The molecular weight excluding hydrogens is 402 g/mol. The molecule has 1 N–H and O–H groups in total. The second-order valence-electron chi connectivity index (χ2n) is 7.00. The van der Waals surface area contributed by atoms with E-state index in [9.17, 15) is 4.79 Å². The van der Waals surface area contributed by atoms with E-state index in [0.717, 1.165) is 40.4 Å². The van der Waals surface area contributed by atoms with E-state index in [-0.39, 0.29) is 5.91 Å². The zero-order valence-corrected chi connectivity index (χ0v) is 18.6. The Bertz CT molecular complexity index is 1010. The molecule has 0 radical (unpaired) electrons. The van der Waals surface area contributed by atoms with Crippen LogP contribution in [0.25, 0.3) is 16.1 Å². The first-order chi connectivity index (χ1) is 14.0. The molecule has 2 heterocycles. The number of aryl methyl sites for hydroxylation is 2. The van der Waals surface area contributed by atoms with E-state index in [1.165, 1.54) is 11.1 Å².